The number of esters is 1. The summed E-state index contributed by atoms with van der Waals surface area (Å²) < 4.78 is 7.02. The zero-order chi connectivity index (χ0) is 22.4. The van der Waals surface area contributed by atoms with Gasteiger partial charge < -0.3 is 14.2 Å². The fourth-order valence-electron chi connectivity index (χ4n) is 3.92. The number of hydrogen-bond donors (Lipinski definition) is 0. The van der Waals surface area contributed by atoms with Crippen LogP contribution in [0.5, 0.6) is 0 Å². The number of amides is 1. The van der Waals surface area contributed by atoms with Gasteiger partial charge in [0.05, 0.1) is 12.6 Å². The van der Waals surface area contributed by atoms with Crippen LogP contribution in [0.3, 0.4) is 0 Å². The Labute approximate surface area is 178 Å². The standard InChI is InChI=1S/C24H32N2O4/c1-7-15-26(23(28)19-13-11-10-12-14-19)18(6)22(27)20-16(4)21(24(29)30-9-3)25(8-2)17(20)5/h10-14,18H,7-9,15H2,1-6H3. The van der Waals surface area contributed by atoms with Crippen molar-refractivity contribution < 1.29 is 19.1 Å². The van der Waals surface area contributed by atoms with E-state index in [2.05, 4.69) is 0 Å². The molecule has 0 spiro atoms. The van der Waals surface area contributed by atoms with E-state index in [4.69, 9.17) is 4.74 Å². The molecular weight excluding hydrogens is 380 g/mol. The van der Waals surface area contributed by atoms with Gasteiger partial charge in [0.2, 0.25) is 0 Å². The van der Waals surface area contributed by atoms with Gasteiger partial charge in [0.1, 0.15) is 5.69 Å². The third-order valence-corrected chi connectivity index (χ3v) is 5.39. The Bertz CT molecular complexity index is 915. The summed E-state index contributed by atoms with van der Waals surface area (Å²) >= 11 is 0. The van der Waals surface area contributed by atoms with Crippen LogP contribution in [-0.2, 0) is 11.3 Å². The Hall–Kier alpha value is -2.89. The summed E-state index contributed by atoms with van der Waals surface area (Å²) in [6.07, 6.45) is 0.734. The molecule has 0 aliphatic carbocycles. The number of carbonyl (C=O) groups is 3. The van der Waals surface area contributed by atoms with Crippen LogP contribution >= 0.6 is 0 Å². The molecule has 0 saturated heterocycles. The third-order valence-electron chi connectivity index (χ3n) is 5.39. The van der Waals surface area contributed by atoms with E-state index in [9.17, 15) is 14.4 Å². The highest BCUT2D eigenvalue weighted by molar-refractivity contribution is 6.07. The van der Waals surface area contributed by atoms with E-state index in [-0.39, 0.29) is 18.3 Å². The van der Waals surface area contributed by atoms with Crippen molar-refractivity contribution in [3.63, 3.8) is 0 Å². The third kappa shape index (κ3) is 4.48. The molecule has 1 atom stereocenters. The van der Waals surface area contributed by atoms with E-state index in [1.807, 2.05) is 43.5 Å². The van der Waals surface area contributed by atoms with Gasteiger partial charge in [-0.25, -0.2) is 4.79 Å². The summed E-state index contributed by atoms with van der Waals surface area (Å²) in [5.74, 6) is -0.771. The van der Waals surface area contributed by atoms with Crippen LogP contribution in [0, 0.1) is 13.8 Å². The van der Waals surface area contributed by atoms with E-state index in [0.29, 0.717) is 35.5 Å². The van der Waals surface area contributed by atoms with Gasteiger partial charge in [-0.2, -0.15) is 0 Å². The highest BCUT2D eigenvalue weighted by atomic mass is 16.5. The number of Topliss-reactive ketones (excluding diaryl/α,β-unsaturated/α-hetero) is 1. The molecule has 0 aliphatic rings. The molecule has 6 nitrogen and oxygen atoms in total. The fourth-order valence-corrected chi connectivity index (χ4v) is 3.92. The molecule has 1 aromatic carbocycles. The van der Waals surface area contributed by atoms with Gasteiger partial charge in [-0.05, 0) is 58.7 Å². The first-order valence-corrected chi connectivity index (χ1v) is 10.6. The molecule has 0 fully saturated rings. The summed E-state index contributed by atoms with van der Waals surface area (Å²) in [7, 11) is 0. The fraction of sp³-hybridized carbons (Fsp3) is 0.458. The van der Waals surface area contributed by atoms with Gasteiger partial charge in [-0.15, -0.1) is 0 Å². The number of ketones is 1. The number of carbonyl (C=O) groups excluding carboxylic acids is 3. The van der Waals surface area contributed by atoms with E-state index >= 15 is 0 Å². The molecule has 6 heteroatoms. The number of ether oxygens (including phenoxy) is 1. The molecule has 1 aromatic heterocycles. The Kier molecular flexibility index (Phi) is 7.98. The number of aromatic nitrogens is 1. The molecule has 2 aromatic rings. The minimum atomic E-state index is -0.655. The van der Waals surface area contributed by atoms with Crippen molar-refractivity contribution in [1.29, 1.82) is 0 Å². The summed E-state index contributed by atoms with van der Waals surface area (Å²) in [4.78, 5) is 40.8. The van der Waals surface area contributed by atoms with Crippen LogP contribution in [0.4, 0.5) is 0 Å². The summed E-state index contributed by atoms with van der Waals surface area (Å²) in [5.41, 5.74) is 2.78. The van der Waals surface area contributed by atoms with Crippen LogP contribution < -0.4 is 0 Å². The van der Waals surface area contributed by atoms with Crippen LogP contribution in [0.2, 0.25) is 0 Å². The molecule has 0 radical (unpaired) electrons. The van der Waals surface area contributed by atoms with Crippen molar-refractivity contribution in [2.75, 3.05) is 13.2 Å². The molecule has 0 saturated carbocycles. The Morgan fingerprint density at radius 2 is 1.70 bits per heavy atom. The molecule has 0 bridgehead atoms. The molecule has 1 heterocycles. The van der Waals surface area contributed by atoms with Gasteiger partial charge in [0.15, 0.2) is 5.78 Å². The Balaban J connectivity index is 2.47. The second-order valence-corrected chi connectivity index (χ2v) is 7.30. The normalized spacial score (nSPS) is 11.8. The van der Waals surface area contributed by atoms with Crippen molar-refractivity contribution >= 4 is 17.7 Å². The lowest BCUT2D eigenvalue weighted by Crippen LogP contribution is -2.44. The summed E-state index contributed by atoms with van der Waals surface area (Å²) in [6, 6.07) is 8.33. The Morgan fingerprint density at radius 1 is 1.07 bits per heavy atom. The lowest BCUT2D eigenvalue weighted by Gasteiger charge is -2.28. The zero-order valence-corrected chi connectivity index (χ0v) is 18.8. The lowest BCUT2D eigenvalue weighted by molar-refractivity contribution is 0.0512. The molecule has 1 amide bonds. The van der Waals surface area contributed by atoms with Gasteiger partial charge in [-0.3, -0.25) is 9.59 Å². The quantitative estimate of drug-likeness (QED) is 0.451. The SMILES string of the molecule is CCCN(C(=O)c1ccccc1)C(C)C(=O)c1c(C)c(C(=O)OCC)n(CC)c1C. The average molecular weight is 413 g/mol. The highest BCUT2D eigenvalue weighted by Gasteiger charge is 2.32. The van der Waals surface area contributed by atoms with Crippen LogP contribution in [-0.4, -0.2) is 46.3 Å². The molecule has 30 heavy (non-hydrogen) atoms. The van der Waals surface area contributed by atoms with E-state index in [1.165, 1.54) is 0 Å². The molecule has 0 aliphatic heterocycles. The molecular formula is C24H32N2O4. The molecule has 1 unspecified atom stereocenters. The largest absolute Gasteiger partial charge is 0.461 e. The lowest BCUT2D eigenvalue weighted by atomic mass is 9.99. The van der Waals surface area contributed by atoms with Crippen LogP contribution in [0.15, 0.2) is 30.3 Å². The maximum atomic E-state index is 13.5. The molecule has 2 rings (SSSR count). The smallest absolute Gasteiger partial charge is 0.355 e. The van der Waals surface area contributed by atoms with Crippen molar-refractivity contribution in [2.24, 2.45) is 0 Å². The van der Waals surface area contributed by atoms with Gasteiger partial charge in [0.25, 0.3) is 5.91 Å². The monoisotopic (exact) mass is 412 g/mol. The van der Waals surface area contributed by atoms with Crippen molar-refractivity contribution in [3.05, 3.63) is 58.4 Å². The minimum absolute atomic E-state index is 0.166. The van der Waals surface area contributed by atoms with Crippen molar-refractivity contribution in [3.8, 4) is 0 Å². The minimum Gasteiger partial charge on any atom is -0.461 e. The van der Waals surface area contributed by atoms with Gasteiger partial charge >= 0.3 is 5.97 Å². The van der Waals surface area contributed by atoms with E-state index in [1.54, 1.807) is 37.8 Å². The zero-order valence-electron chi connectivity index (χ0n) is 18.8. The van der Waals surface area contributed by atoms with E-state index < -0.39 is 12.0 Å². The first-order chi connectivity index (χ1) is 14.3. The molecule has 162 valence electrons. The van der Waals surface area contributed by atoms with E-state index in [0.717, 1.165) is 12.1 Å². The van der Waals surface area contributed by atoms with Gasteiger partial charge in [-0.1, -0.05) is 25.1 Å². The summed E-state index contributed by atoms with van der Waals surface area (Å²) in [5, 5.41) is 0. The number of hydrogen-bond acceptors (Lipinski definition) is 4. The van der Waals surface area contributed by atoms with Crippen LogP contribution in [0.25, 0.3) is 0 Å². The maximum Gasteiger partial charge on any atom is 0.355 e. The second kappa shape index (κ2) is 10.2. The Morgan fingerprint density at radius 3 is 2.23 bits per heavy atom. The van der Waals surface area contributed by atoms with Crippen molar-refractivity contribution in [2.45, 2.75) is 60.5 Å². The first-order valence-electron chi connectivity index (χ1n) is 10.6. The number of nitrogens with zero attached hydrogens (tertiary/aromatic N) is 2. The maximum absolute atomic E-state index is 13.5. The second-order valence-electron chi connectivity index (χ2n) is 7.30. The number of rotatable bonds is 9. The van der Waals surface area contributed by atoms with Crippen LogP contribution in [0.1, 0.15) is 76.6 Å². The number of benzene rings is 1. The first kappa shape index (κ1) is 23.4. The predicted molar refractivity (Wildman–Crippen MR) is 117 cm³/mol. The predicted octanol–water partition coefficient (Wildman–Crippen LogP) is 4.43. The highest BCUT2D eigenvalue weighted by Crippen LogP contribution is 2.26. The van der Waals surface area contributed by atoms with Gasteiger partial charge in [0, 0.05) is 29.9 Å². The molecule has 0 N–H and O–H groups in total. The summed E-state index contributed by atoms with van der Waals surface area (Å²) in [6.45, 7) is 12.3. The van der Waals surface area contributed by atoms with Crippen molar-refractivity contribution in [1.82, 2.24) is 9.47 Å². The average Bonchev–Trinajstić information content (AvgIpc) is 3.00. The topological polar surface area (TPSA) is 68.6 Å².